The van der Waals surface area contributed by atoms with Crippen molar-refractivity contribution in [2.75, 3.05) is 17.7 Å². The summed E-state index contributed by atoms with van der Waals surface area (Å²) in [4.78, 5) is 10.7. The zero-order valence-corrected chi connectivity index (χ0v) is 11.6. The second-order valence-corrected chi connectivity index (χ2v) is 4.91. The standard InChI is InChI=1S/C15H17N5/c1-19-8-7-18-15(19)10-20(2)14-4-3-13(16)11-5-6-17-9-12(11)14/h3-9H,10,16H2,1-2H3. The van der Waals surface area contributed by atoms with Crippen LogP contribution in [0.1, 0.15) is 5.82 Å². The number of pyridine rings is 1. The van der Waals surface area contributed by atoms with E-state index in [1.807, 2.05) is 55.5 Å². The normalized spacial score (nSPS) is 10.9. The van der Waals surface area contributed by atoms with E-state index in [1.165, 1.54) is 0 Å². The first-order valence-corrected chi connectivity index (χ1v) is 6.46. The number of hydrogen-bond donors (Lipinski definition) is 1. The van der Waals surface area contributed by atoms with Crippen LogP contribution in [0.5, 0.6) is 0 Å². The first kappa shape index (κ1) is 12.5. The van der Waals surface area contributed by atoms with Crippen LogP contribution >= 0.6 is 0 Å². The van der Waals surface area contributed by atoms with Crippen molar-refractivity contribution in [3.8, 4) is 0 Å². The summed E-state index contributed by atoms with van der Waals surface area (Å²) >= 11 is 0. The molecule has 20 heavy (non-hydrogen) atoms. The van der Waals surface area contributed by atoms with Crippen LogP contribution in [-0.4, -0.2) is 21.6 Å². The number of benzene rings is 1. The fourth-order valence-electron chi connectivity index (χ4n) is 2.38. The molecule has 2 aromatic heterocycles. The Morgan fingerprint density at radius 3 is 2.80 bits per heavy atom. The predicted octanol–water partition coefficient (Wildman–Crippen LogP) is 2.19. The summed E-state index contributed by atoms with van der Waals surface area (Å²) < 4.78 is 2.02. The maximum atomic E-state index is 6.02. The summed E-state index contributed by atoms with van der Waals surface area (Å²) in [6.45, 7) is 0.734. The van der Waals surface area contributed by atoms with E-state index in [4.69, 9.17) is 5.73 Å². The molecule has 0 aliphatic heterocycles. The maximum Gasteiger partial charge on any atom is 0.127 e. The van der Waals surface area contributed by atoms with Crippen molar-refractivity contribution in [1.29, 1.82) is 0 Å². The van der Waals surface area contributed by atoms with E-state index in [1.54, 1.807) is 6.20 Å². The molecule has 0 unspecified atom stereocenters. The Balaban J connectivity index is 2.02. The second-order valence-electron chi connectivity index (χ2n) is 4.91. The number of fused-ring (bicyclic) bond motifs is 1. The van der Waals surface area contributed by atoms with Gasteiger partial charge in [-0.25, -0.2) is 4.98 Å². The largest absolute Gasteiger partial charge is 0.398 e. The number of nitrogen functional groups attached to an aromatic ring is 1. The highest BCUT2D eigenvalue weighted by Crippen LogP contribution is 2.30. The monoisotopic (exact) mass is 267 g/mol. The molecule has 0 aliphatic rings. The van der Waals surface area contributed by atoms with Crippen molar-refractivity contribution in [1.82, 2.24) is 14.5 Å². The number of nitrogens with zero attached hydrogens (tertiary/aromatic N) is 4. The van der Waals surface area contributed by atoms with E-state index in [0.29, 0.717) is 0 Å². The molecule has 0 spiro atoms. The molecule has 0 fully saturated rings. The van der Waals surface area contributed by atoms with Gasteiger partial charge in [-0.15, -0.1) is 0 Å². The van der Waals surface area contributed by atoms with Gasteiger partial charge < -0.3 is 15.2 Å². The molecule has 2 N–H and O–H groups in total. The van der Waals surface area contributed by atoms with E-state index in [9.17, 15) is 0 Å². The number of aryl methyl sites for hydroxylation is 1. The highest BCUT2D eigenvalue weighted by atomic mass is 15.2. The molecular weight excluding hydrogens is 250 g/mol. The van der Waals surface area contributed by atoms with E-state index < -0.39 is 0 Å². The van der Waals surface area contributed by atoms with Gasteiger partial charge in [0, 0.05) is 61.0 Å². The number of aromatic nitrogens is 3. The number of imidazole rings is 1. The van der Waals surface area contributed by atoms with Crippen LogP contribution in [0.2, 0.25) is 0 Å². The molecule has 0 saturated carbocycles. The average Bonchev–Trinajstić information content (AvgIpc) is 2.85. The van der Waals surface area contributed by atoms with Gasteiger partial charge in [-0.1, -0.05) is 0 Å². The summed E-state index contributed by atoms with van der Waals surface area (Å²) in [5.74, 6) is 1.02. The second kappa shape index (κ2) is 4.85. The van der Waals surface area contributed by atoms with Crippen molar-refractivity contribution in [2.45, 2.75) is 6.54 Å². The molecule has 1 aromatic carbocycles. The van der Waals surface area contributed by atoms with Gasteiger partial charge >= 0.3 is 0 Å². The third-order valence-electron chi connectivity index (χ3n) is 3.54. The third-order valence-corrected chi connectivity index (χ3v) is 3.54. The fourth-order valence-corrected chi connectivity index (χ4v) is 2.38. The van der Waals surface area contributed by atoms with Crippen LogP contribution < -0.4 is 10.6 Å². The molecular formula is C15H17N5. The molecule has 0 atom stereocenters. The van der Waals surface area contributed by atoms with Crippen molar-refractivity contribution in [3.63, 3.8) is 0 Å². The van der Waals surface area contributed by atoms with Crippen molar-refractivity contribution in [2.24, 2.45) is 7.05 Å². The van der Waals surface area contributed by atoms with E-state index in [0.717, 1.165) is 34.5 Å². The smallest absolute Gasteiger partial charge is 0.127 e. The molecule has 2 heterocycles. The van der Waals surface area contributed by atoms with Crippen LogP contribution in [0.25, 0.3) is 10.8 Å². The molecule has 3 aromatic rings. The zero-order chi connectivity index (χ0) is 14.1. The SMILES string of the molecule is CN(Cc1nccn1C)c1ccc(N)c2ccncc12. The minimum absolute atomic E-state index is 0.734. The van der Waals surface area contributed by atoms with Crippen LogP contribution in [0, 0.1) is 0 Å². The molecule has 5 heteroatoms. The first-order valence-electron chi connectivity index (χ1n) is 6.46. The number of rotatable bonds is 3. The van der Waals surface area contributed by atoms with Crippen molar-refractivity contribution < 1.29 is 0 Å². The van der Waals surface area contributed by atoms with Gasteiger partial charge in [-0.3, -0.25) is 4.98 Å². The van der Waals surface area contributed by atoms with Crippen molar-refractivity contribution >= 4 is 22.1 Å². The number of hydrogen-bond acceptors (Lipinski definition) is 4. The van der Waals surface area contributed by atoms with Gasteiger partial charge in [-0.2, -0.15) is 0 Å². The lowest BCUT2D eigenvalue weighted by Gasteiger charge is -2.21. The summed E-state index contributed by atoms with van der Waals surface area (Å²) in [6.07, 6.45) is 7.38. The third kappa shape index (κ3) is 2.07. The minimum Gasteiger partial charge on any atom is -0.398 e. The Labute approximate surface area is 117 Å². The van der Waals surface area contributed by atoms with Gasteiger partial charge in [-0.05, 0) is 18.2 Å². The van der Waals surface area contributed by atoms with E-state index >= 15 is 0 Å². The summed E-state index contributed by atoms with van der Waals surface area (Å²) in [6, 6.07) is 5.91. The summed E-state index contributed by atoms with van der Waals surface area (Å²) in [5.41, 5.74) is 7.90. The van der Waals surface area contributed by atoms with Crippen LogP contribution in [0.15, 0.2) is 43.0 Å². The molecule has 0 amide bonds. The molecule has 0 saturated heterocycles. The lowest BCUT2D eigenvalue weighted by molar-refractivity contribution is 0.763. The summed E-state index contributed by atoms with van der Waals surface area (Å²) in [5, 5.41) is 2.09. The topological polar surface area (TPSA) is 60.0 Å². The van der Waals surface area contributed by atoms with Crippen LogP contribution in [0.3, 0.4) is 0 Å². The Morgan fingerprint density at radius 2 is 2.05 bits per heavy atom. The van der Waals surface area contributed by atoms with Gasteiger partial charge in [0.1, 0.15) is 5.82 Å². The molecule has 0 bridgehead atoms. The molecule has 102 valence electrons. The summed E-state index contributed by atoms with van der Waals surface area (Å²) in [7, 11) is 4.05. The Bertz CT molecular complexity index is 747. The highest BCUT2D eigenvalue weighted by molar-refractivity contribution is 6.00. The quantitative estimate of drug-likeness (QED) is 0.739. The first-order chi connectivity index (χ1) is 9.66. The molecule has 0 aliphatic carbocycles. The Hall–Kier alpha value is -2.56. The van der Waals surface area contributed by atoms with Gasteiger partial charge in [0.2, 0.25) is 0 Å². The average molecular weight is 267 g/mol. The fraction of sp³-hybridized carbons (Fsp3) is 0.200. The lowest BCUT2D eigenvalue weighted by atomic mass is 10.1. The van der Waals surface area contributed by atoms with Gasteiger partial charge in [0.15, 0.2) is 0 Å². The van der Waals surface area contributed by atoms with E-state index in [2.05, 4.69) is 14.9 Å². The van der Waals surface area contributed by atoms with Crippen molar-refractivity contribution in [3.05, 3.63) is 48.8 Å². The van der Waals surface area contributed by atoms with Gasteiger partial charge in [0.05, 0.1) is 6.54 Å². The zero-order valence-electron chi connectivity index (χ0n) is 11.6. The van der Waals surface area contributed by atoms with E-state index in [-0.39, 0.29) is 0 Å². The van der Waals surface area contributed by atoms with Crippen LogP contribution in [0.4, 0.5) is 11.4 Å². The van der Waals surface area contributed by atoms with Gasteiger partial charge in [0.25, 0.3) is 0 Å². The Morgan fingerprint density at radius 1 is 1.20 bits per heavy atom. The lowest BCUT2D eigenvalue weighted by Crippen LogP contribution is -2.19. The highest BCUT2D eigenvalue weighted by Gasteiger charge is 2.10. The Kier molecular flexibility index (Phi) is 3.02. The number of anilines is 2. The molecule has 3 rings (SSSR count). The maximum absolute atomic E-state index is 6.02. The predicted molar refractivity (Wildman–Crippen MR) is 81.5 cm³/mol. The minimum atomic E-state index is 0.734. The molecule has 0 radical (unpaired) electrons. The van der Waals surface area contributed by atoms with Crippen LogP contribution in [-0.2, 0) is 13.6 Å². The number of nitrogens with two attached hydrogens (primary N) is 1. The molecule has 5 nitrogen and oxygen atoms in total.